The molecule has 0 bridgehead atoms. The van der Waals surface area contributed by atoms with E-state index in [1.165, 1.54) is 140 Å². The fourth-order valence-electron chi connectivity index (χ4n) is 11.9. The molecule has 1 heteroatoms. The van der Waals surface area contributed by atoms with Gasteiger partial charge in [0, 0.05) is 16.4 Å². The highest BCUT2D eigenvalue weighted by molar-refractivity contribution is 6.23. The third-order valence-electron chi connectivity index (χ3n) is 14.6. The van der Waals surface area contributed by atoms with Crippen LogP contribution in [0, 0.1) is 5.41 Å². The highest BCUT2D eigenvalue weighted by Gasteiger charge is 2.46. The van der Waals surface area contributed by atoms with E-state index >= 15 is 0 Å². The molecule has 0 saturated heterocycles. The number of benzene rings is 7. The maximum atomic E-state index is 9.34. The smallest absolute Gasteiger partial charge is 0.0612 e. The Kier molecular flexibility index (Phi) is 8.28. The van der Waals surface area contributed by atoms with E-state index in [1.807, 2.05) is 31.2 Å². The standard InChI is InChI=1S/C58H49N/c1-4-15-37(2)38(3)22-29-54(59)39-23-28-48-49(34-39)56(41-25-27-45-43-17-8-10-21-51(43)58(53(45)36-41)32-13-14-33-58)47-19-6-5-18-46(47)55(48)40-24-26-44-42-16-7-9-20-50(42)57(52(44)35-40)30-11-12-31-57/h4-10,15-29,34-36,59H,2-3,11-14,30-33H2,1H3/b15-4-,29-22-,59-54?. The summed E-state index contributed by atoms with van der Waals surface area (Å²) in [6.07, 6.45) is 17.6. The van der Waals surface area contributed by atoms with Gasteiger partial charge in [-0.3, -0.25) is 0 Å². The van der Waals surface area contributed by atoms with Gasteiger partial charge in [-0.05, 0) is 156 Å². The quantitative estimate of drug-likeness (QED) is 0.0951. The molecule has 11 rings (SSSR count). The second-order valence-corrected chi connectivity index (χ2v) is 17.5. The molecule has 1 N–H and O–H groups in total. The molecule has 0 amide bonds. The molecular formula is C58H49N. The normalized spacial score (nSPS) is 16.7. The van der Waals surface area contributed by atoms with E-state index in [9.17, 15) is 5.41 Å². The molecule has 7 aromatic carbocycles. The molecule has 2 fully saturated rings. The maximum Gasteiger partial charge on any atom is 0.0612 e. The van der Waals surface area contributed by atoms with Crippen LogP contribution in [0.4, 0.5) is 0 Å². The maximum absolute atomic E-state index is 9.34. The Hall–Kier alpha value is -6.31. The molecule has 0 atom stereocenters. The zero-order valence-corrected chi connectivity index (χ0v) is 34.0. The average molecular weight is 760 g/mol. The molecule has 4 aliphatic carbocycles. The van der Waals surface area contributed by atoms with Crippen LogP contribution in [0.2, 0.25) is 0 Å². The van der Waals surface area contributed by atoms with Crippen molar-refractivity contribution in [3.63, 3.8) is 0 Å². The second kappa shape index (κ2) is 13.6. The van der Waals surface area contributed by atoms with Crippen LogP contribution in [0.15, 0.2) is 176 Å². The SMILES string of the molecule is C=C(/C=C\C)C(=C)/C=C\C(=N)c1ccc2c(-c3ccc4c(c3)C3(CCCC3)c3ccccc3-4)c3ccccc3c(-c3ccc4c(c3)C3(CCCC3)c3ccccc3-4)c2c1. The van der Waals surface area contributed by atoms with Crippen molar-refractivity contribution in [2.45, 2.75) is 69.1 Å². The molecule has 0 heterocycles. The molecule has 1 nitrogen and oxygen atoms in total. The van der Waals surface area contributed by atoms with Crippen molar-refractivity contribution in [3.8, 4) is 44.5 Å². The molecular weight excluding hydrogens is 711 g/mol. The highest BCUT2D eigenvalue weighted by atomic mass is 14.5. The number of hydrogen-bond acceptors (Lipinski definition) is 1. The molecule has 0 aromatic heterocycles. The lowest BCUT2D eigenvalue weighted by atomic mass is 9.75. The zero-order valence-electron chi connectivity index (χ0n) is 34.0. The van der Waals surface area contributed by atoms with Crippen LogP contribution in [0.1, 0.15) is 86.1 Å². The van der Waals surface area contributed by atoms with Gasteiger partial charge in [-0.1, -0.05) is 166 Å². The molecule has 0 aliphatic heterocycles. The summed E-state index contributed by atoms with van der Waals surface area (Å²) in [4.78, 5) is 0. The van der Waals surface area contributed by atoms with Crippen molar-refractivity contribution < 1.29 is 0 Å². The number of allylic oxidation sites excluding steroid dienone is 6. The van der Waals surface area contributed by atoms with Crippen molar-refractivity contribution in [3.05, 3.63) is 204 Å². The Morgan fingerprint density at radius 1 is 0.475 bits per heavy atom. The molecule has 59 heavy (non-hydrogen) atoms. The van der Waals surface area contributed by atoms with Crippen molar-refractivity contribution in [1.29, 1.82) is 5.41 Å². The van der Waals surface area contributed by atoms with E-state index in [-0.39, 0.29) is 10.8 Å². The Morgan fingerprint density at radius 2 is 0.932 bits per heavy atom. The predicted molar refractivity (Wildman–Crippen MR) is 251 cm³/mol. The summed E-state index contributed by atoms with van der Waals surface area (Å²) < 4.78 is 0. The number of hydrogen-bond donors (Lipinski definition) is 1. The Bertz CT molecular complexity index is 3010. The van der Waals surface area contributed by atoms with Gasteiger partial charge in [0.15, 0.2) is 0 Å². The van der Waals surface area contributed by atoms with Gasteiger partial charge in [-0.2, -0.15) is 0 Å². The molecule has 4 aliphatic rings. The minimum absolute atomic E-state index is 0.0725. The first-order valence-corrected chi connectivity index (χ1v) is 21.7. The van der Waals surface area contributed by atoms with Crippen LogP contribution < -0.4 is 0 Å². The van der Waals surface area contributed by atoms with Gasteiger partial charge < -0.3 is 5.41 Å². The summed E-state index contributed by atoms with van der Waals surface area (Å²) in [5.41, 5.74) is 19.8. The molecule has 0 unspecified atom stereocenters. The van der Waals surface area contributed by atoms with E-state index in [0.717, 1.165) is 16.7 Å². The monoisotopic (exact) mass is 759 g/mol. The summed E-state index contributed by atoms with van der Waals surface area (Å²) in [5, 5.41) is 14.3. The topological polar surface area (TPSA) is 23.9 Å². The fraction of sp³-hybridized carbons (Fsp3) is 0.190. The van der Waals surface area contributed by atoms with Crippen LogP contribution in [0.3, 0.4) is 0 Å². The molecule has 286 valence electrons. The Labute approximate surface area is 348 Å². The third kappa shape index (κ3) is 5.27. The summed E-state index contributed by atoms with van der Waals surface area (Å²) >= 11 is 0. The average Bonchev–Trinajstić information content (AvgIpc) is 4.08. The lowest BCUT2D eigenvalue weighted by Gasteiger charge is -2.28. The lowest BCUT2D eigenvalue weighted by molar-refractivity contribution is 0.550. The third-order valence-corrected chi connectivity index (χ3v) is 14.6. The highest BCUT2D eigenvalue weighted by Crippen LogP contribution is 2.59. The van der Waals surface area contributed by atoms with E-state index in [0.29, 0.717) is 5.71 Å². The largest absolute Gasteiger partial charge is 0.300 e. The minimum atomic E-state index is 0.0725. The summed E-state index contributed by atoms with van der Waals surface area (Å²) in [7, 11) is 0. The van der Waals surface area contributed by atoms with Crippen LogP contribution >= 0.6 is 0 Å². The Morgan fingerprint density at radius 3 is 1.47 bits per heavy atom. The molecule has 7 aromatic rings. The van der Waals surface area contributed by atoms with Gasteiger partial charge in [0.25, 0.3) is 0 Å². The van der Waals surface area contributed by atoms with Crippen LogP contribution in [0.5, 0.6) is 0 Å². The van der Waals surface area contributed by atoms with Gasteiger partial charge in [0.05, 0.1) is 5.71 Å². The van der Waals surface area contributed by atoms with Gasteiger partial charge in [0.2, 0.25) is 0 Å². The van der Waals surface area contributed by atoms with Crippen LogP contribution in [0.25, 0.3) is 66.1 Å². The molecule has 2 saturated carbocycles. The zero-order chi connectivity index (χ0) is 39.9. The van der Waals surface area contributed by atoms with E-state index < -0.39 is 0 Å². The summed E-state index contributed by atoms with van der Waals surface area (Å²) in [6.45, 7) is 10.4. The van der Waals surface area contributed by atoms with Gasteiger partial charge >= 0.3 is 0 Å². The van der Waals surface area contributed by atoms with E-state index in [4.69, 9.17) is 0 Å². The number of nitrogens with one attached hydrogen (secondary N) is 1. The molecule has 2 spiro atoms. The van der Waals surface area contributed by atoms with E-state index in [2.05, 4.69) is 141 Å². The van der Waals surface area contributed by atoms with Crippen molar-refractivity contribution in [2.75, 3.05) is 0 Å². The second-order valence-electron chi connectivity index (χ2n) is 17.5. The fourth-order valence-corrected chi connectivity index (χ4v) is 11.9. The summed E-state index contributed by atoms with van der Waals surface area (Å²) in [5.74, 6) is 0. The first-order chi connectivity index (χ1) is 28.9. The Balaban J connectivity index is 1.15. The van der Waals surface area contributed by atoms with E-state index in [1.54, 1.807) is 0 Å². The van der Waals surface area contributed by atoms with Crippen LogP contribution in [-0.2, 0) is 10.8 Å². The van der Waals surface area contributed by atoms with Gasteiger partial charge in [0.1, 0.15) is 0 Å². The van der Waals surface area contributed by atoms with Gasteiger partial charge in [-0.25, -0.2) is 0 Å². The van der Waals surface area contributed by atoms with Crippen molar-refractivity contribution in [1.82, 2.24) is 0 Å². The number of rotatable bonds is 7. The summed E-state index contributed by atoms with van der Waals surface area (Å²) in [6, 6.07) is 48.8. The van der Waals surface area contributed by atoms with Gasteiger partial charge in [-0.15, -0.1) is 0 Å². The minimum Gasteiger partial charge on any atom is -0.300 e. The first-order valence-electron chi connectivity index (χ1n) is 21.7. The molecule has 0 radical (unpaired) electrons. The first kappa shape index (κ1) is 35.8. The number of fused-ring (bicyclic) bond motifs is 12. The van der Waals surface area contributed by atoms with Crippen molar-refractivity contribution >= 4 is 27.3 Å². The lowest BCUT2D eigenvalue weighted by Crippen LogP contribution is -2.20. The van der Waals surface area contributed by atoms with Crippen molar-refractivity contribution in [2.24, 2.45) is 0 Å². The van der Waals surface area contributed by atoms with Crippen LogP contribution in [-0.4, -0.2) is 5.71 Å². The predicted octanol–water partition coefficient (Wildman–Crippen LogP) is 15.6.